The maximum absolute atomic E-state index is 11.5. The molecule has 1 aliphatic heterocycles. The summed E-state index contributed by atoms with van der Waals surface area (Å²) in [7, 11) is 0. The second-order valence-electron chi connectivity index (χ2n) is 4.35. The summed E-state index contributed by atoms with van der Waals surface area (Å²) < 4.78 is 0. The number of hydrogen-bond donors (Lipinski definition) is 1. The first-order valence-corrected chi connectivity index (χ1v) is 6.09. The molecule has 0 unspecified atom stereocenters. The molecule has 1 aromatic rings. The van der Waals surface area contributed by atoms with Crippen LogP contribution in [0.25, 0.3) is 6.08 Å². The van der Waals surface area contributed by atoms with Crippen molar-refractivity contribution in [3.8, 4) is 0 Å². The predicted octanol–water partition coefficient (Wildman–Crippen LogP) is 2.00. The first-order valence-electron chi connectivity index (χ1n) is 6.09. The lowest BCUT2D eigenvalue weighted by Gasteiger charge is -2.29. The minimum Gasteiger partial charge on any atom is -0.367 e. The van der Waals surface area contributed by atoms with E-state index in [1.807, 2.05) is 36.4 Å². The standard InChI is InChI=1S/C14H18N2O/c15-14(17)13(16-9-5-2-6-10-16)11-12-7-3-1-4-8-12/h1,3-4,7-8,11H,2,5-6,9-10H2,(H2,15,17)/b13-11+. The molecule has 1 aliphatic rings. The zero-order valence-electron chi connectivity index (χ0n) is 9.93. The summed E-state index contributed by atoms with van der Waals surface area (Å²) in [6, 6.07) is 9.84. The van der Waals surface area contributed by atoms with Crippen molar-refractivity contribution in [2.24, 2.45) is 5.73 Å². The molecular formula is C14H18N2O. The monoisotopic (exact) mass is 230 g/mol. The van der Waals surface area contributed by atoms with Crippen molar-refractivity contribution in [3.05, 3.63) is 41.6 Å². The van der Waals surface area contributed by atoms with Crippen LogP contribution in [0.15, 0.2) is 36.0 Å². The number of nitrogens with zero attached hydrogens (tertiary/aromatic N) is 1. The topological polar surface area (TPSA) is 46.3 Å². The van der Waals surface area contributed by atoms with Crippen molar-refractivity contribution in [1.82, 2.24) is 4.90 Å². The molecule has 1 saturated heterocycles. The molecule has 0 atom stereocenters. The number of piperidine rings is 1. The average Bonchev–Trinajstić information content (AvgIpc) is 2.38. The third-order valence-corrected chi connectivity index (χ3v) is 3.05. The van der Waals surface area contributed by atoms with Gasteiger partial charge in [0.05, 0.1) is 0 Å². The van der Waals surface area contributed by atoms with E-state index in [2.05, 4.69) is 4.90 Å². The molecule has 0 spiro atoms. The van der Waals surface area contributed by atoms with Crippen LogP contribution in [0.1, 0.15) is 24.8 Å². The molecule has 3 nitrogen and oxygen atoms in total. The van der Waals surface area contributed by atoms with E-state index in [4.69, 9.17) is 5.73 Å². The molecule has 90 valence electrons. The molecule has 0 aliphatic carbocycles. The van der Waals surface area contributed by atoms with Crippen molar-refractivity contribution in [2.75, 3.05) is 13.1 Å². The fraction of sp³-hybridized carbons (Fsp3) is 0.357. The molecule has 0 radical (unpaired) electrons. The minimum atomic E-state index is -0.337. The van der Waals surface area contributed by atoms with Gasteiger partial charge in [0.15, 0.2) is 0 Å². The summed E-state index contributed by atoms with van der Waals surface area (Å²) in [5, 5.41) is 0. The smallest absolute Gasteiger partial charge is 0.265 e. The number of benzene rings is 1. The van der Waals surface area contributed by atoms with E-state index in [0.29, 0.717) is 5.70 Å². The second-order valence-corrected chi connectivity index (χ2v) is 4.35. The van der Waals surface area contributed by atoms with Gasteiger partial charge in [-0.15, -0.1) is 0 Å². The van der Waals surface area contributed by atoms with E-state index in [0.717, 1.165) is 31.5 Å². The Balaban J connectivity index is 2.22. The van der Waals surface area contributed by atoms with Gasteiger partial charge < -0.3 is 10.6 Å². The van der Waals surface area contributed by atoms with Gasteiger partial charge in [0.2, 0.25) is 0 Å². The number of likely N-dealkylation sites (tertiary alicyclic amines) is 1. The summed E-state index contributed by atoms with van der Waals surface area (Å²) in [6.45, 7) is 1.86. The van der Waals surface area contributed by atoms with Gasteiger partial charge >= 0.3 is 0 Å². The summed E-state index contributed by atoms with van der Waals surface area (Å²) >= 11 is 0. The molecule has 3 heteroatoms. The lowest BCUT2D eigenvalue weighted by Crippen LogP contribution is -2.35. The number of primary amides is 1. The van der Waals surface area contributed by atoms with Crippen LogP contribution in [0.5, 0.6) is 0 Å². The number of rotatable bonds is 3. The molecule has 0 saturated carbocycles. The van der Waals surface area contributed by atoms with E-state index in [9.17, 15) is 4.79 Å². The molecule has 17 heavy (non-hydrogen) atoms. The normalized spacial score (nSPS) is 16.9. The van der Waals surface area contributed by atoms with Crippen LogP contribution < -0.4 is 5.73 Å². The van der Waals surface area contributed by atoms with Crippen LogP contribution in [0.4, 0.5) is 0 Å². The Morgan fingerprint density at radius 3 is 2.35 bits per heavy atom. The third kappa shape index (κ3) is 3.09. The number of carbonyl (C=O) groups excluding carboxylic acids is 1. The Labute approximate surface area is 102 Å². The van der Waals surface area contributed by atoms with Gasteiger partial charge in [-0.1, -0.05) is 30.3 Å². The first kappa shape index (κ1) is 11.7. The van der Waals surface area contributed by atoms with Crippen LogP contribution in [0.2, 0.25) is 0 Å². The number of carbonyl (C=O) groups is 1. The second kappa shape index (κ2) is 5.53. The minimum absolute atomic E-state index is 0.337. The lowest BCUT2D eigenvalue weighted by atomic mass is 10.1. The van der Waals surface area contributed by atoms with Crippen LogP contribution in [-0.2, 0) is 4.79 Å². The molecule has 1 fully saturated rings. The van der Waals surface area contributed by atoms with Crippen LogP contribution in [0.3, 0.4) is 0 Å². The van der Waals surface area contributed by atoms with E-state index in [1.165, 1.54) is 6.42 Å². The van der Waals surface area contributed by atoms with Gasteiger partial charge in [-0.2, -0.15) is 0 Å². The largest absolute Gasteiger partial charge is 0.367 e. The van der Waals surface area contributed by atoms with Gasteiger partial charge in [0, 0.05) is 13.1 Å². The van der Waals surface area contributed by atoms with Crippen molar-refractivity contribution >= 4 is 12.0 Å². The van der Waals surface area contributed by atoms with E-state index in [1.54, 1.807) is 0 Å². The Kier molecular flexibility index (Phi) is 3.81. The highest BCUT2D eigenvalue weighted by atomic mass is 16.1. The maximum atomic E-state index is 11.5. The van der Waals surface area contributed by atoms with Gasteiger partial charge in [-0.05, 0) is 30.9 Å². The highest BCUT2D eigenvalue weighted by Crippen LogP contribution is 2.17. The summed E-state index contributed by atoms with van der Waals surface area (Å²) in [4.78, 5) is 13.6. The number of nitrogens with two attached hydrogens (primary N) is 1. The fourth-order valence-electron chi connectivity index (χ4n) is 2.16. The van der Waals surface area contributed by atoms with Crippen molar-refractivity contribution in [1.29, 1.82) is 0 Å². The molecule has 2 rings (SSSR count). The quantitative estimate of drug-likeness (QED) is 0.807. The number of hydrogen-bond acceptors (Lipinski definition) is 2. The molecule has 1 heterocycles. The Morgan fingerprint density at radius 2 is 1.76 bits per heavy atom. The van der Waals surface area contributed by atoms with Crippen molar-refractivity contribution < 1.29 is 4.79 Å². The molecular weight excluding hydrogens is 212 g/mol. The van der Waals surface area contributed by atoms with Crippen LogP contribution in [0, 0.1) is 0 Å². The van der Waals surface area contributed by atoms with Crippen LogP contribution >= 0.6 is 0 Å². The number of amides is 1. The van der Waals surface area contributed by atoms with Gasteiger partial charge in [0.25, 0.3) is 5.91 Å². The molecule has 1 amide bonds. The van der Waals surface area contributed by atoms with Crippen LogP contribution in [-0.4, -0.2) is 23.9 Å². The third-order valence-electron chi connectivity index (χ3n) is 3.05. The van der Waals surface area contributed by atoms with Crippen molar-refractivity contribution in [2.45, 2.75) is 19.3 Å². The Morgan fingerprint density at radius 1 is 1.12 bits per heavy atom. The lowest BCUT2D eigenvalue weighted by molar-refractivity contribution is -0.116. The zero-order chi connectivity index (χ0) is 12.1. The zero-order valence-corrected chi connectivity index (χ0v) is 9.93. The van der Waals surface area contributed by atoms with E-state index in [-0.39, 0.29) is 5.91 Å². The molecule has 0 bridgehead atoms. The van der Waals surface area contributed by atoms with Crippen molar-refractivity contribution in [3.63, 3.8) is 0 Å². The first-order chi connectivity index (χ1) is 8.27. The summed E-state index contributed by atoms with van der Waals surface area (Å²) in [5.41, 5.74) is 7.12. The Bertz CT molecular complexity index is 405. The Hall–Kier alpha value is -1.77. The molecule has 2 N–H and O–H groups in total. The SMILES string of the molecule is NC(=O)/C(=C\c1ccccc1)N1CCCCC1. The highest BCUT2D eigenvalue weighted by Gasteiger charge is 2.17. The highest BCUT2D eigenvalue weighted by molar-refractivity contribution is 5.96. The van der Waals surface area contributed by atoms with E-state index >= 15 is 0 Å². The fourth-order valence-corrected chi connectivity index (χ4v) is 2.16. The molecule has 1 aromatic carbocycles. The predicted molar refractivity (Wildman–Crippen MR) is 69.0 cm³/mol. The van der Waals surface area contributed by atoms with Gasteiger partial charge in [-0.3, -0.25) is 4.79 Å². The van der Waals surface area contributed by atoms with E-state index < -0.39 is 0 Å². The molecule has 0 aromatic heterocycles. The summed E-state index contributed by atoms with van der Waals surface area (Å²) in [6.07, 6.45) is 5.40. The average molecular weight is 230 g/mol. The summed E-state index contributed by atoms with van der Waals surface area (Å²) in [5.74, 6) is -0.337. The maximum Gasteiger partial charge on any atom is 0.265 e. The van der Waals surface area contributed by atoms with Gasteiger partial charge in [0.1, 0.15) is 5.70 Å². The van der Waals surface area contributed by atoms with Gasteiger partial charge in [-0.25, -0.2) is 0 Å².